The molecule has 5 rings (SSSR count). The molecule has 2 atom stereocenters. The van der Waals surface area contributed by atoms with Gasteiger partial charge in [-0.3, -0.25) is 9.48 Å². The number of carbonyl (C=O) groups excluding carboxylic acids is 2. The van der Waals surface area contributed by atoms with Gasteiger partial charge >= 0.3 is 6.18 Å². The van der Waals surface area contributed by atoms with E-state index < -0.39 is 17.8 Å². The Bertz CT molecular complexity index is 1270. The van der Waals surface area contributed by atoms with Crippen LogP contribution < -0.4 is 5.11 Å². The summed E-state index contributed by atoms with van der Waals surface area (Å²) in [6.45, 7) is 2.18. The summed E-state index contributed by atoms with van der Waals surface area (Å²) in [6, 6.07) is 9.17. The number of aliphatic carboxylic acids is 1. The van der Waals surface area contributed by atoms with Gasteiger partial charge < -0.3 is 19.7 Å². The predicted molar refractivity (Wildman–Crippen MR) is 135 cm³/mol. The lowest BCUT2D eigenvalue weighted by molar-refractivity contribution is -0.301. The minimum Gasteiger partial charge on any atom is -0.543 e. The van der Waals surface area contributed by atoms with Gasteiger partial charge in [-0.15, -0.1) is 11.8 Å². The average molecular weight is 548 g/mol. The number of aromatic nitrogens is 2. The monoisotopic (exact) mass is 547 g/mol. The Labute approximate surface area is 223 Å². The van der Waals surface area contributed by atoms with E-state index in [1.807, 2.05) is 17.0 Å². The molecule has 2 aromatic rings. The zero-order valence-electron chi connectivity index (χ0n) is 21.3. The van der Waals surface area contributed by atoms with Crippen molar-refractivity contribution in [2.45, 2.75) is 63.0 Å². The number of carbonyl (C=O) groups is 2. The number of halogens is 3. The van der Waals surface area contributed by atoms with E-state index in [1.54, 1.807) is 23.7 Å². The van der Waals surface area contributed by atoms with E-state index in [2.05, 4.69) is 17.2 Å². The van der Waals surface area contributed by atoms with Crippen LogP contribution in [-0.2, 0) is 28.7 Å². The normalized spacial score (nSPS) is 22.7. The van der Waals surface area contributed by atoms with Crippen LogP contribution in [0.5, 0.6) is 0 Å². The van der Waals surface area contributed by atoms with Crippen molar-refractivity contribution in [3.63, 3.8) is 0 Å². The average Bonchev–Trinajstić information content (AvgIpc) is 3.43. The summed E-state index contributed by atoms with van der Waals surface area (Å²) in [4.78, 5) is 29.5. The Morgan fingerprint density at radius 2 is 1.87 bits per heavy atom. The number of thioether (sulfide) groups is 1. The Morgan fingerprint density at radius 3 is 2.53 bits per heavy atom. The summed E-state index contributed by atoms with van der Waals surface area (Å²) in [5.74, 6) is -1.25. The van der Waals surface area contributed by atoms with Gasteiger partial charge in [-0.1, -0.05) is 24.3 Å². The number of alkyl halides is 3. The molecule has 1 amide bonds. The number of nitrogens with zero attached hydrogens (tertiary/aromatic N) is 4. The number of benzene rings is 1. The molecule has 3 heterocycles. The van der Waals surface area contributed by atoms with E-state index in [-0.39, 0.29) is 41.1 Å². The molecule has 0 spiro atoms. The van der Waals surface area contributed by atoms with Crippen LogP contribution in [0.25, 0.3) is 0 Å². The van der Waals surface area contributed by atoms with Crippen molar-refractivity contribution in [1.29, 1.82) is 0 Å². The number of hydrogen-bond acceptors (Lipinski definition) is 6. The summed E-state index contributed by atoms with van der Waals surface area (Å²) < 4.78 is 40.0. The largest absolute Gasteiger partial charge is 0.543 e. The van der Waals surface area contributed by atoms with Crippen molar-refractivity contribution in [3.8, 4) is 0 Å². The van der Waals surface area contributed by atoms with Gasteiger partial charge in [0, 0.05) is 36.7 Å². The molecule has 1 fully saturated rings. The molecule has 0 bridgehead atoms. The highest BCUT2D eigenvalue weighted by molar-refractivity contribution is 8.04. The van der Waals surface area contributed by atoms with E-state index in [4.69, 9.17) is 0 Å². The number of rotatable bonds is 5. The van der Waals surface area contributed by atoms with Gasteiger partial charge in [0.15, 0.2) is 5.69 Å². The van der Waals surface area contributed by atoms with E-state index in [0.29, 0.717) is 25.9 Å². The SMILES string of the molecule is Cc1cc(C(F)(F)F)nn1CC(=O)N1CCC(C2SC(C3CCCc4ccccc43)=C(C(=O)[O-])N2C)CC1. The van der Waals surface area contributed by atoms with Crippen LogP contribution in [0.15, 0.2) is 40.9 Å². The first-order valence-electron chi connectivity index (χ1n) is 12.9. The predicted octanol–water partition coefficient (Wildman–Crippen LogP) is 3.54. The van der Waals surface area contributed by atoms with E-state index in [1.165, 1.54) is 18.1 Å². The zero-order chi connectivity index (χ0) is 27.2. The second-order valence-corrected chi connectivity index (χ2v) is 11.5. The highest BCUT2D eigenvalue weighted by Gasteiger charge is 2.41. The number of likely N-dealkylation sites (N-methyl/N-ethyl adjacent to an activating group) is 1. The van der Waals surface area contributed by atoms with Crippen molar-refractivity contribution in [2.24, 2.45) is 5.92 Å². The number of piperidine rings is 1. The third kappa shape index (κ3) is 5.04. The standard InChI is InChI=1S/C27H31F3N4O3S/c1-16-14-21(27(28,29)30)31-34(16)15-22(35)33-12-10-18(11-13-33)25-32(2)23(26(36)37)24(38-25)20-9-5-7-17-6-3-4-8-19(17)20/h3-4,6,8,14,18,20,25H,5,7,9-13,15H2,1-2H3,(H,36,37)/p-1. The third-order valence-corrected chi connectivity index (χ3v) is 9.62. The molecule has 2 aliphatic heterocycles. The first kappa shape index (κ1) is 26.6. The van der Waals surface area contributed by atoms with Crippen molar-refractivity contribution in [3.05, 3.63) is 63.4 Å². The molecule has 0 radical (unpaired) electrons. The number of allylic oxidation sites excluding steroid dienone is 1. The van der Waals surface area contributed by atoms with Gasteiger partial charge in [0.1, 0.15) is 6.54 Å². The molecule has 1 saturated heterocycles. The smallest absolute Gasteiger partial charge is 0.435 e. The molecule has 2 unspecified atom stereocenters. The molecule has 204 valence electrons. The lowest BCUT2D eigenvalue weighted by Gasteiger charge is -2.38. The highest BCUT2D eigenvalue weighted by atomic mass is 32.2. The molecule has 1 aromatic carbocycles. The van der Waals surface area contributed by atoms with E-state index in [9.17, 15) is 27.9 Å². The molecule has 0 saturated carbocycles. The van der Waals surface area contributed by atoms with E-state index >= 15 is 0 Å². The number of hydrogen-bond donors (Lipinski definition) is 0. The quantitative estimate of drug-likeness (QED) is 0.570. The first-order chi connectivity index (χ1) is 18.0. The molecular weight excluding hydrogens is 517 g/mol. The fourth-order valence-corrected chi connectivity index (χ4v) is 7.70. The van der Waals surface area contributed by atoms with Crippen LogP contribution in [0.3, 0.4) is 0 Å². The summed E-state index contributed by atoms with van der Waals surface area (Å²) in [6.07, 6.45) is -0.317. The Morgan fingerprint density at radius 1 is 1.16 bits per heavy atom. The zero-order valence-corrected chi connectivity index (χ0v) is 22.1. The van der Waals surface area contributed by atoms with Crippen molar-refractivity contribution < 1.29 is 27.9 Å². The number of likely N-dealkylation sites (tertiary alicyclic amines) is 1. The number of carboxylic acid groups (broad SMARTS) is 1. The maximum Gasteiger partial charge on any atom is 0.435 e. The molecule has 3 aliphatic rings. The number of amides is 1. The second kappa shape index (κ2) is 10.3. The van der Waals surface area contributed by atoms with Crippen molar-refractivity contribution in [2.75, 3.05) is 20.1 Å². The van der Waals surface area contributed by atoms with Crippen LogP contribution in [0.1, 0.15) is 54.1 Å². The minimum atomic E-state index is -4.56. The maximum absolute atomic E-state index is 13.0. The van der Waals surface area contributed by atoms with Crippen molar-refractivity contribution in [1.82, 2.24) is 19.6 Å². The first-order valence-corrected chi connectivity index (χ1v) is 13.7. The number of fused-ring (bicyclic) bond motifs is 1. The topological polar surface area (TPSA) is 81.5 Å². The summed E-state index contributed by atoms with van der Waals surface area (Å²) >= 11 is 1.61. The summed E-state index contributed by atoms with van der Waals surface area (Å²) in [5, 5.41) is 15.7. The Balaban J connectivity index is 1.25. The summed E-state index contributed by atoms with van der Waals surface area (Å²) in [5.41, 5.74) is 1.99. The number of carboxylic acids is 1. The van der Waals surface area contributed by atoms with Gasteiger partial charge in [0.2, 0.25) is 5.91 Å². The van der Waals surface area contributed by atoms with Crippen LogP contribution >= 0.6 is 11.8 Å². The van der Waals surface area contributed by atoms with Gasteiger partial charge in [-0.2, -0.15) is 18.3 Å². The third-order valence-electron chi connectivity index (χ3n) is 7.95. The molecule has 7 nitrogen and oxygen atoms in total. The Kier molecular flexibility index (Phi) is 7.23. The van der Waals surface area contributed by atoms with Gasteiger partial charge in [0.05, 0.1) is 17.0 Å². The lowest BCUT2D eigenvalue weighted by Crippen LogP contribution is -2.45. The second-order valence-electron chi connectivity index (χ2n) is 10.3. The highest BCUT2D eigenvalue weighted by Crippen LogP contribution is 2.51. The van der Waals surface area contributed by atoms with Crippen LogP contribution in [0, 0.1) is 12.8 Å². The van der Waals surface area contributed by atoms with Crippen LogP contribution in [-0.4, -0.2) is 57.0 Å². The fraction of sp³-hybridized carbons (Fsp3) is 0.519. The van der Waals surface area contributed by atoms with Gasteiger partial charge in [0.25, 0.3) is 0 Å². The van der Waals surface area contributed by atoms with E-state index in [0.717, 1.165) is 34.9 Å². The minimum absolute atomic E-state index is 0.0332. The number of aryl methyl sites for hydroxylation is 2. The van der Waals surface area contributed by atoms with Crippen LogP contribution in [0.2, 0.25) is 0 Å². The molecule has 38 heavy (non-hydrogen) atoms. The Hall–Kier alpha value is -2.95. The molecule has 0 N–H and O–H groups in total. The lowest BCUT2D eigenvalue weighted by atomic mass is 9.82. The van der Waals surface area contributed by atoms with Crippen LogP contribution in [0.4, 0.5) is 13.2 Å². The maximum atomic E-state index is 13.0. The molecule has 11 heteroatoms. The van der Waals surface area contributed by atoms with Gasteiger partial charge in [-0.25, -0.2) is 0 Å². The van der Waals surface area contributed by atoms with Gasteiger partial charge in [-0.05, 0) is 62.1 Å². The molecule has 1 aliphatic carbocycles. The van der Waals surface area contributed by atoms with Crippen molar-refractivity contribution >= 4 is 23.6 Å². The molecule has 1 aromatic heterocycles. The molecular formula is C27H30F3N4O3S-. The fourth-order valence-electron chi connectivity index (χ4n) is 5.97. The summed E-state index contributed by atoms with van der Waals surface area (Å²) in [7, 11) is 1.81.